The molecule has 6 atom stereocenters. The highest BCUT2D eigenvalue weighted by Crippen LogP contribution is 2.67. The molecule has 2 aliphatic rings. The van der Waals surface area contributed by atoms with Gasteiger partial charge < -0.3 is 35.2 Å². The molecule has 1 saturated heterocycles. The number of anilines is 1. The van der Waals surface area contributed by atoms with Crippen LogP contribution in [-0.4, -0.2) is 68.7 Å². The average Bonchev–Trinajstić information content (AvgIpc) is 3.40. The van der Waals surface area contributed by atoms with Crippen LogP contribution in [0.2, 0.25) is 0 Å². The van der Waals surface area contributed by atoms with E-state index in [0.29, 0.717) is 12.8 Å². The van der Waals surface area contributed by atoms with Crippen LogP contribution in [0.4, 0.5) is 10.2 Å². The Morgan fingerprint density at radius 3 is 2.49 bits per heavy atom. The van der Waals surface area contributed by atoms with Crippen LogP contribution in [0, 0.1) is 5.92 Å². The fourth-order valence-corrected chi connectivity index (χ4v) is 6.83. The summed E-state index contributed by atoms with van der Waals surface area (Å²) in [6.07, 6.45) is -3.99. The number of nitrogens with zero attached hydrogens (tertiary/aromatic N) is 3. The van der Waals surface area contributed by atoms with Crippen LogP contribution in [0.15, 0.2) is 11.1 Å². The minimum Gasteiger partial charge on any atom is -0.387 e. The number of phosphoric ester groups is 1. The minimum absolute atomic E-state index is 0.00655. The molecule has 4 rings (SSSR count). The molecule has 35 heavy (non-hydrogen) atoms. The van der Waals surface area contributed by atoms with Crippen molar-refractivity contribution in [2.75, 3.05) is 12.3 Å². The predicted octanol–water partition coefficient (Wildman–Crippen LogP) is -0.578. The fourth-order valence-electron chi connectivity index (χ4n) is 3.77. The van der Waals surface area contributed by atoms with Crippen molar-refractivity contribution >= 4 is 40.4 Å². The summed E-state index contributed by atoms with van der Waals surface area (Å²) in [7, 11) is -17.0. The Morgan fingerprint density at radius 1 is 1.23 bits per heavy atom. The number of hydrogen-bond donors (Lipinski definition) is 7. The van der Waals surface area contributed by atoms with Gasteiger partial charge in [-0.25, -0.2) is 27.9 Å². The first-order chi connectivity index (χ1) is 16.0. The first-order valence-corrected chi connectivity index (χ1v) is 14.1. The van der Waals surface area contributed by atoms with Crippen LogP contribution in [0.3, 0.4) is 0 Å². The summed E-state index contributed by atoms with van der Waals surface area (Å²) in [4.78, 5) is 57.8. The number of phosphoric acid groups is 3. The standard InChI is InChI=1S/C13H19FN5O13P3/c14-6-8(20)13(5-1-2-5,3-29-34(25,26)32-35(27,28)31-33(22,23)24)30-11(6)19-4-16-7-9(15)17-12(21)18-10(7)19/h4-6,8,11,20H,1-3H2,(H,25,26)(H,27,28)(H2,22,23,24)(H3,15,17,18,21)/t6-,8+,11-,13+/m1/s1. The lowest BCUT2D eigenvalue weighted by Gasteiger charge is -2.32. The minimum atomic E-state index is -5.79. The quantitative estimate of drug-likeness (QED) is 0.187. The number of aromatic nitrogens is 4. The smallest absolute Gasteiger partial charge is 0.387 e. The zero-order valence-electron chi connectivity index (χ0n) is 17.1. The number of H-pyrrole nitrogens is 1. The molecule has 1 aliphatic heterocycles. The van der Waals surface area contributed by atoms with E-state index in [4.69, 9.17) is 20.3 Å². The van der Waals surface area contributed by atoms with E-state index in [0.717, 1.165) is 10.9 Å². The van der Waals surface area contributed by atoms with E-state index in [1.165, 1.54) is 0 Å². The molecular weight excluding hydrogens is 546 g/mol. The summed E-state index contributed by atoms with van der Waals surface area (Å²) >= 11 is 0. The third kappa shape index (κ3) is 5.41. The number of imidazole rings is 1. The molecule has 2 aromatic rings. The third-order valence-corrected chi connectivity index (χ3v) is 9.08. The van der Waals surface area contributed by atoms with E-state index >= 15 is 4.39 Å². The van der Waals surface area contributed by atoms with Gasteiger partial charge >= 0.3 is 29.2 Å². The molecule has 3 heterocycles. The number of nitrogens with one attached hydrogen (secondary N) is 1. The monoisotopic (exact) mass is 565 g/mol. The van der Waals surface area contributed by atoms with Crippen LogP contribution in [0.1, 0.15) is 19.1 Å². The van der Waals surface area contributed by atoms with Gasteiger partial charge in [0.2, 0.25) is 0 Å². The summed E-state index contributed by atoms with van der Waals surface area (Å²) in [5.41, 5.74) is 2.67. The average molecular weight is 565 g/mol. The maximum absolute atomic E-state index is 15.3. The van der Waals surface area contributed by atoms with Gasteiger partial charge in [-0.3, -0.25) is 14.1 Å². The highest BCUT2D eigenvalue weighted by atomic mass is 31.3. The Labute approximate surface area is 193 Å². The summed E-state index contributed by atoms with van der Waals surface area (Å²) < 4.78 is 68.3. The van der Waals surface area contributed by atoms with Crippen molar-refractivity contribution in [3.63, 3.8) is 0 Å². The van der Waals surface area contributed by atoms with Crippen molar-refractivity contribution in [3.05, 3.63) is 16.8 Å². The number of alkyl halides is 1. The topological polar surface area (TPSA) is 279 Å². The van der Waals surface area contributed by atoms with Crippen LogP contribution < -0.4 is 11.4 Å². The lowest BCUT2D eigenvalue weighted by Crippen LogP contribution is -2.48. The second-order valence-corrected chi connectivity index (χ2v) is 12.2. The van der Waals surface area contributed by atoms with Crippen molar-refractivity contribution in [1.82, 2.24) is 19.5 Å². The number of aliphatic hydroxyl groups excluding tert-OH is 1. The van der Waals surface area contributed by atoms with Crippen LogP contribution in [-0.2, 0) is 31.6 Å². The molecule has 0 aromatic carbocycles. The molecule has 1 saturated carbocycles. The molecule has 18 nitrogen and oxygen atoms in total. The number of nitrogen functional groups attached to an aromatic ring is 1. The Hall–Kier alpha value is -1.59. The summed E-state index contributed by atoms with van der Waals surface area (Å²) in [6.45, 7) is -1.05. The fraction of sp³-hybridized carbons (Fsp3) is 0.615. The molecule has 0 amide bonds. The highest BCUT2D eigenvalue weighted by molar-refractivity contribution is 7.66. The number of aromatic amines is 1. The van der Waals surface area contributed by atoms with Crippen LogP contribution in [0.5, 0.6) is 0 Å². The highest BCUT2D eigenvalue weighted by Gasteiger charge is 2.63. The molecule has 0 spiro atoms. The maximum Gasteiger partial charge on any atom is 0.490 e. The van der Waals surface area contributed by atoms with E-state index < -0.39 is 65.8 Å². The summed E-state index contributed by atoms with van der Waals surface area (Å²) in [5, 5.41) is 10.7. The second kappa shape index (κ2) is 8.76. The first kappa shape index (κ1) is 26.5. The Bertz CT molecular complexity index is 1340. The largest absolute Gasteiger partial charge is 0.490 e. The van der Waals surface area contributed by atoms with Gasteiger partial charge in [0.05, 0.1) is 12.9 Å². The van der Waals surface area contributed by atoms with Crippen LogP contribution >= 0.6 is 23.5 Å². The number of hydrogen-bond acceptors (Lipinski definition) is 12. The van der Waals surface area contributed by atoms with E-state index in [1.54, 1.807) is 0 Å². The second-order valence-electron chi connectivity index (χ2n) is 7.77. The number of halogens is 1. The molecule has 8 N–H and O–H groups in total. The number of rotatable bonds is 9. The van der Waals surface area contributed by atoms with Gasteiger partial charge in [0.25, 0.3) is 0 Å². The van der Waals surface area contributed by atoms with Gasteiger partial charge in [0, 0.05) is 0 Å². The maximum atomic E-state index is 15.3. The Morgan fingerprint density at radius 2 is 1.89 bits per heavy atom. The molecule has 2 fully saturated rings. The number of fused-ring (bicyclic) bond motifs is 1. The van der Waals surface area contributed by atoms with Crippen molar-refractivity contribution in [1.29, 1.82) is 0 Å². The Kier molecular flexibility index (Phi) is 6.63. The molecule has 0 radical (unpaired) electrons. The lowest BCUT2D eigenvalue weighted by molar-refractivity contribution is -0.137. The van der Waals surface area contributed by atoms with Gasteiger partial charge in [-0.2, -0.15) is 13.6 Å². The van der Waals surface area contributed by atoms with Crippen LogP contribution in [0.25, 0.3) is 11.2 Å². The van der Waals surface area contributed by atoms with Crippen molar-refractivity contribution in [3.8, 4) is 0 Å². The molecule has 1 aliphatic carbocycles. The summed E-state index contributed by atoms with van der Waals surface area (Å²) in [6, 6.07) is 0. The molecule has 196 valence electrons. The number of aliphatic hydroxyl groups is 1. The SMILES string of the molecule is Nc1[nH]c(=O)nc2c1ncn2[C@@H]1O[C@@](COP(=O)(O)OP(=O)(O)OP(=O)(O)O)(C2CC2)[C@@H](O)[C@H]1F. The molecule has 0 bridgehead atoms. The molecule has 2 unspecified atom stereocenters. The van der Waals surface area contributed by atoms with E-state index in [-0.39, 0.29) is 17.0 Å². The van der Waals surface area contributed by atoms with E-state index in [2.05, 4.69) is 28.1 Å². The zero-order chi connectivity index (χ0) is 26.0. The van der Waals surface area contributed by atoms with Crippen molar-refractivity contribution in [2.45, 2.75) is 36.9 Å². The first-order valence-electron chi connectivity index (χ1n) is 9.54. The third-order valence-electron chi connectivity index (χ3n) is 5.30. The molecule has 22 heteroatoms. The van der Waals surface area contributed by atoms with Gasteiger partial charge in [0.1, 0.15) is 23.0 Å². The van der Waals surface area contributed by atoms with Gasteiger partial charge in [-0.15, -0.1) is 0 Å². The van der Waals surface area contributed by atoms with Gasteiger partial charge in [0.15, 0.2) is 18.0 Å². The lowest BCUT2D eigenvalue weighted by atomic mass is 9.91. The zero-order valence-corrected chi connectivity index (χ0v) is 19.8. The van der Waals surface area contributed by atoms with Gasteiger partial charge in [-0.05, 0) is 18.8 Å². The number of nitrogens with two attached hydrogens (primary N) is 1. The van der Waals surface area contributed by atoms with Crippen molar-refractivity contribution in [2.24, 2.45) is 5.92 Å². The normalized spacial score (nSPS) is 30.9. The molecule has 2 aromatic heterocycles. The van der Waals surface area contributed by atoms with Gasteiger partial charge in [-0.1, -0.05) is 0 Å². The van der Waals surface area contributed by atoms with E-state index in [9.17, 15) is 33.4 Å². The predicted molar refractivity (Wildman–Crippen MR) is 109 cm³/mol. The number of ether oxygens (including phenoxy) is 1. The van der Waals surface area contributed by atoms with Crippen molar-refractivity contribution < 1.29 is 60.6 Å². The summed E-state index contributed by atoms with van der Waals surface area (Å²) in [5.74, 6) is -0.752. The van der Waals surface area contributed by atoms with E-state index in [1.807, 2.05) is 0 Å². The Balaban J connectivity index is 1.59. The molecular formula is C13H19FN5O13P3.